The van der Waals surface area contributed by atoms with Gasteiger partial charge in [0.2, 0.25) is 11.6 Å². The van der Waals surface area contributed by atoms with Gasteiger partial charge in [0.05, 0.1) is 0 Å². The van der Waals surface area contributed by atoms with Gasteiger partial charge in [0.15, 0.2) is 0 Å². The quantitative estimate of drug-likeness (QED) is 0.730. The van der Waals surface area contributed by atoms with E-state index in [1.165, 1.54) is 31.2 Å². The number of pyridine rings is 1. The molecule has 27 heavy (non-hydrogen) atoms. The molecule has 2 spiro atoms. The minimum absolute atomic E-state index is 0.406. The Balaban J connectivity index is 1.25. The SMILES string of the molecule is CC1CC2CC(C)C3(OOC4(CCN(Cc5ccncc5)CC4)O3)C(C1)C2. The number of hydrogen-bond donors (Lipinski definition) is 0. The van der Waals surface area contributed by atoms with E-state index in [0.29, 0.717) is 11.8 Å². The summed E-state index contributed by atoms with van der Waals surface area (Å²) in [5.74, 6) is 1.43. The number of nitrogens with zero attached hydrogens (tertiary/aromatic N) is 2. The maximum absolute atomic E-state index is 6.78. The topological polar surface area (TPSA) is 43.8 Å². The number of piperidine rings is 1. The van der Waals surface area contributed by atoms with Crippen molar-refractivity contribution < 1.29 is 14.5 Å². The fraction of sp³-hybridized carbons (Fsp3) is 0.773. The molecule has 5 heteroatoms. The van der Waals surface area contributed by atoms with E-state index < -0.39 is 11.6 Å². The van der Waals surface area contributed by atoms with E-state index in [2.05, 4.69) is 35.9 Å². The van der Waals surface area contributed by atoms with Gasteiger partial charge in [-0.05, 0) is 55.2 Å². The van der Waals surface area contributed by atoms with E-state index in [-0.39, 0.29) is 0 Å². The molecule has 5 atom stereocenters. The second-order valence-corrected chi connectivity index (χ2v) is 9.54. The molecule has 5 unspecified atom stereocenters. The van der Waals surface area contributed by atoms with E-state index in [0.717, 1.165) is 44.3 Å². The first-order valence-electron chi connectivity index (χ1n) is 10.8. The van der Waals surface area contributed by atoms with Gasteiger partial charge in [0.1, 0.15) is 0 Å². The van der Waals surface area contributed by atoms with Crippen LogP contribution in [0.25, 0.3) is 0 Å². The first-order chi connectivity index (χ1) is 13.1. The predicted octanol–water partition coefficient (Wildman–Crippen LogP) is 4.14. The Hall–Kier alpha value is -1.01. The first kappa shape index (κ1) is 18.0. The van der Waals surface area contributed by atoms with Gasteiger partial charge in [-0.3, -0.25) is 9.88 Å². The summed E-state index contributed by atoms with van der Waals surface area (Å²) in [4.78, 5) is 18.7. The lowest BCUT2D eigenvalue weighted by molar-refractivity contribution is -0.380. The van der Waals surface area contributed by atoms with Crippen LogP contribution in [-0.2, 0) is 21.1 Å². The Labute approximate surface area is 162 Å². The smallest absolute Gasteiger partial charge is 0.210 e. The van der Waals surface area contributed by atoms with E-state index in [4.69, 9.17) is 14.5 Å². The summed E-state index contributed by atoms with van der Waals surface area (Å²) in [5, 5.41) is 0. The lowest BCUT2D eigenvalue weighted by Gasteiger charge is -2.50. The highest BCUT2D eigenvalue weighted by molar-refractivity contribution is 5.09. The molecule has 5 rings (SSSR count). The van der Waals surface area contributed by atoms with Gasteiger partial charge in [-0.2, -0.15) is 9.78 Å². The van der Waals surface area contributed by atoms with Crippen molar-refractivity contribution >= 4 is 0 Å². The standard InChI is InChI=1S/C22H32N2O3/c1-16-11-19-13-17(2)22(20(12-16)14-19)25-21(26-27-22)5-9-24(10-6-21)15-18-3-7-23-8-4-18/h3-4,7-8,16-17,19-20H,5-6,9-15H2,1-2H3. The molecule has 2 aliphatic carbocycles. The average Bonchev–Trinajstić information content (AvgIpc) is 3.04. The highest BCUT2D eigenvalue weighted by Gasteiger charge is 2.62. The maximum Gasteiger partial charge on any atom is 0.210 e. The lowest BCUT2D eigenvalue weighted by Crippen LogP contribution is -2.55. The van der Waals surface area contributed by atoms with E-state index in [1.807, 2.05) is 12.4 Å². The molecular formula is C22H32N2O3. The Bertz CT molecular complexity index is 657. The Kier molecular flexibility index (Phi) is 4.54. The molecule has 1 aromatic rings. The van der Waals surface area contributed by atoms with Crippen LogP contribution < -0.4 is 0 Å². The minimum Gasteiger partial charge on any atom is -0.312 e. The van der Waals surface area contributed by atoms with Gasteiger partial charge in [-0.1, -0.05) is 13.8 Å². The molecule has 0 amide bonds. The molecule has 148 valence electrons. The van der Waals surface area contributed by atoms with Crippen molar-refractivity contribution in [1.29, 1.82) is 0 Å². The normalized spacial score (nSPS) is 41.3. The van der Waals surface area contributed by atoms with Crippen LogP contribution in [0.1, 0.15) is 57.9 Å². The highest BCUT2D eigenvalue weighted by atomic mass is 17.3. The van der Waals surface area contributed by atoms with Crippen molar-refractivity contribution in [2.75, 3.05) is 13.1 Å². The summed E-state index contributed by atoms with van der Waals surface area (Å²) in [6.07, 6.45) is 10.5. The molecule has 2 saturated carbocycles. The molecule has 2 bridgehead atoms. The molecule has 2 aliphatic heterocycles. The van der Waals surface area contributed by atoms with Crippen LogP contribution in [0.15, 0.2) is 24.5 Å². The maximum atomic E-state index is 6.78. The van der Waals surface area contributed by atoms with E-state index in [1.54, 1.807) is 0 Å². The third-order valence-corrected chi connectivity index (χ3v) is 7.43. The number of fused-ring (bicyclic) bond motifs is 3. The van der Waals surface area contributed by atoms with Crippen molar-refractivity contribution in [3.8, 4) is 0 Å². The highest BCUT2D eigenvalue weighted by Crippen LogP contribution is 2.57. The van der Waals surface area contributed by atoms with Crippen LogP contribution in [0.2, 0.25) is 0 Å². The molecule has 0 aromatic carbocycles. The number of rotatable bonds is 2. The second-order valence-electron chi connectivity index (χ2n) is 9.54. The Morgan fingerprint density at radius 3 is 2.59 bits per heavy atom. The number of hydrogen-bond acceptors (Lipinski definition) is 5. The van der Waals surface area contributed by atoms with E-state index >= 15 is 0 Å². The molecular weight excluding hydrogens is 340 g/mol. The fourth-order valence-corrected chi connectivity index (χ4v) is 6.12. The summed E-state index contributed by atoms with van der Waals surface area (Å²) in [7, 11) is 0. The first-order valence-corrected chi connectivity index (χ1v) is 10.8. The van der Waals surface area contributed by atoms with Gasteiger partial charge >= 0.3 is 0 Å². The summed E-state index contributed by atoms with van der Waals surface area (Å²) in [6, 6.07) is 4.19. The molecule has 1 aromatic heterocycles. The zero-order chi connectivity index (χ0) is 18.5. The van der Waals surface area contributed by atoms with Crippen LogP contribution in [0.4, 0.5) is 0 Å². The minimum atomic E-state index is -0.545. The summed E-state index contributed by atoms with van der Waals surface area (Å²) in [6.45, 7) is 7.59. The third kappa shape index (κ3) is 3.23. The molecule has 4 aliphatic rings. The van der Waals surface area contributed by atoms with E-state index in [9.17, 15) is 0 Å². The van der Waals surface area contributed by atoms with Crippen LogP contribution in [0.5, 0.6) is 0 Å². The Morgan fingerprint density at radius 1 is 1.04 bits per heavy atom. The van der Waals surface area contributed by atoms with Crippen molar-refractivity contribution in [2.24, 2.45) is 23.7 Å². The van der Waals surface area contributed by atoms with Gasteiger partial charge in [-0.15, -0.1) is 0 Å². The largest absolute Gasteiger partial charge is 0.312 e. The van der Waals surface area contributed by atoms with Crippen LogP contribution in [0.3, 0.4) is 0 Å². The monoisotopic (exact) mass is 372 g/mol. The zero-order valence-corrected chi connectivity index (χ0v) is 16.6. The van der Waals surface area contributed by atoms with Crippen molar-refractivity contribution in [3.63, 3.8) is 0 Å². The van der Waals surface area contributed by atoms with Gasteiger partial charge in [-0.25, -0.2) is 0 Å². The summed E-state index contributed by atoms with van der Waals surface area (Å²) in [5.41, 5.74) is 1.31. The van der Waals surface area contributed by atoms with Crippen molar-refractivity contribution in [2.45, 2.75) is 70.5 Å². The number of likely N-dealkylation sites (tertiary alicyclic amines) is 1. The lowest BCUT2D eigenvalue weighted by atomic mass is 9.62. The third-order valence-electron chi connectivity index (χ3n) is 7.43. The average molecular weight is 373 g/mol. The molecule has 4 fully saturated rings. The van der Waals surface area contributed by atoms with Crippen molar-refractivity contribution in [3.05, 3.63) is 30.1 Å². The van der Waals surface area contributed by atoms with Gasteiger partial charge in [0.25, 0.3) is 0 Å². The molecule has 2 saturated heterocycles. The molecule has 3 heterocycles. The van der Waals surface area contributed by atoms with Crippen molar-refractivity contribution in [1.82, 2.24) is 9.88 Å². The molecule has 5 nitrogen and oxygen atoms in total. The zero-order valence-electron chi connectivity index (χ0n) is 16.6. The number of aromatic nitrogens is 1. The summed E-state index contributed by atoms with van der Waals surface area (Å²) >= 11 is 0. The number of ether oxygens (including phenoxy) is 1. The summed E-state index contributed by atoms with van der Waals surface area (Å²) < 4.78 is 6.78. The Morgan fingerprint density at radius 2 is 1.81 bits per heavy atom. The molecule has 0 N–H and O–H groups in total. The second kappa shape index (κ2) is 6.80. The van der Waals surface area contributed by atoms with Crippen LogP contribution in [0, 0.1) is 23.7 Å². The van der Waals surface area contributed by atoms with Gasteiger partial charge in [0, 0.05) is 56.7 Å². The van der Waals surface area contributed by atoms with Crippen LogP contribution >= 0.6 is 0 Å². The fourth-order valence-electron chi connectivity index (χ4n) is 6.12. The molecule has 0 radical (unpaired) electrons. The van der Waals surface area contributed by atoms with Gasteiger partial charge < -0.3 is 4.74 Å². The van der Waals surface area contributed by atoms with Crippen LogP contribution in [-0.4, -0.2) is 34.5 Å². The predicted molar refractivity (Wildman–Crippen MR) is 101 cm³/mol.